The second-order valence-electron chi connectivity index (χ2n) is 4.85. The summed E-state index contributed by atoms with van der Waals surface area (Å²) in [7, 11) is 1.48. The summed E-state index contributed by atoms with van der Waals surface area (Å²) in [5, 5.41) is 2.65. The first kappa shape index (κ1) is 18.1. The monoisotopic (exact) mass is 315 g/mol. The zero-order valence-electron chi connectivity index (χ0n) is 12.8. The summed E-state index contributed by atoms with van der Waals surface area (Å²) in [5.41, 5.74) is -0.862. The average Bonchev–Trinajstić information content (AvgIpc) is 2.46. The highest BCUT2D eigenvalue weighted by molar-refractivity contribution is 5.80. The van der Waals surface area contributed by atoms with Gasteiger partial charge in [-0.1, -0.05) is 19.1 Å². The molecular weight excluding hydrogens is 295 g/mol. The Balaban J connectivity index is 3.20. The van der Waals surface area contributed by atoms with Crippen LogP contribution in [0.1, 0.15) is 42.6 Å². The number of aldehydes is 1. The van der Waals surface area contributed by atoms with Crippen molar-refractivity contribution in [2.24, 2.45) is 0 Å². The van der Waals surface area contributed by atoms with Crippen LogP contribution in [0.4, 0.5) is 18.9 Å². The molecule has 0 heterocycles. The maximum absolute atomic E-state index is 13.2. The molecule has 0 radical (unpaired) electrons. The molecule has 1 aromatic rings. The van der Waals surface area contributed by atoms with Crippen molar-refractivity contribution < 1.29 is 22.7 Å². The van der Waals surface area contributed by atoms with Gasteiger partial charge in [0.2, 0.25) is 0 Å². The Morgan fingerprint density at radius 2 is 2.00 bits per heavy atom. The Labute approximate surface area is 128 Å². The Morgan fingerprint density at radius 1 is 1.32 bits per heavy atom. The number of allylic oxidation sites excluding steroid dienone is 1. The number of anilines is 1. The first-order valence-corrected chi connectivity index (χ1v) is 7.03. The molecule has 0 bridgehead atoms. The van der Waals surface area contributed by atoms with Gasteiger partial charge >= 0.3 is 6.18 Å². The third-order valence-electron chi connectivity index (χ3n) is 3.01. The van der Waals surface area contributed by atoms with E-state index in [0.717, 1.165) is 12.5 Å². The van der Waals surface area contributed by atoms with Crippen LogP contribution < -0.4 is 10.1 Å². The predicted molar refractivity (Wildman–Crippen MR) is 80.5 cm³/mol. The van der Waals surface area contributed by atoms with Crippen LogP contribution in [0, 0.1) is 0 Å². The molecule has 122 valence electrons. The molecule has 1 atom stereocenters. The zero-order valence-corrected chi connectivity index (χ0v) is 12.8. The van der Waals surface area contributed by atoms with Gasteiger partial charge in [0.1, 0.15) is 11.8 Å². The van der Waals surface area contributed by atoms with Crippen molar-refractivity contribution in [3.05, 3.63) is 35.4 Å². The molecule has 0 spiro atoms. The average molecular weight is 315 g/mol. The fourth-order valence-corrected chi connectivity index (χ4v) is 1.95. The van der Waals surface area contributed by atoms with Gasteiger partial charge in [-0.05, 0) is 25.5 Å². The number of benzene rings is 1. The zero-order chi connectivity index (χ0) is 16.8. The van der Waals surface area contributed by atoms with E-state index < -0.39 is 17.8 Å². The van der Waals surface area contributed by atoms with Gasteiger partial charge in [0.15, 0.2) is 5.75 Å². The van der Waals surface area contributed by atoms with E-state index in [-0.39, 0.29) is 17.0 Å². The van der Waals surface area contributed by atoms with E-state index >= 15 is 0 Å². The van der Waals surface area contributed by atoms with Crippen LogP contribution in [0.2, 0.25) is 0 Å². The topological polar surface area (TPSA) is 38.3 Å². The molecule has 0 fully saturated rings. The SMILES string of the molecule is CC/C=C\CC(C)Oc1c(NC)cc(C=O)cc1C(F)(F)F. The van der Waals surface area contributed by atoms with E-state index in [9.17, 15) is 18.0 Å². The van der Waals surface area contributed by atoms with Crippen LogP contribution >= 0.6 is 0 Å². The molecule has 1 N–H and O–H groups in total. The van der Waals surface area contributed by atoms with Crippen LogP contribution in [-0.4, -0.2) is 19.4 Å². The number of hydrogen-bond donors (Lipinski definition) is 1. The minimum atomic E-state index is -4.60. The van der Waals surface area contributed by atoms with Crippen molar-refractivity contribution in [3.63, 3.8) is 0 Å². The number of ether oxygens (including phenoxy) is 1. The standard InChI is InChI=1S/C16H20F3NO2/c1-4-5-6-7-11(2)22-15-13(16(17,18)19)8-12(10-21)9-14(15)20-3/h5-6,8-11,20H,4,7H2,1-3H3/b6-5-. The molecule has 3 nitrogen and oxygen atoms in total. The smallest absolute Gasteiger partial charge is 0.420 e. The molecule has 0 aromatic heterocycles. The maximum atomic E-state index is 13.2. The third-order valence-corrected chi connectivity index (χ3v) is 3.01. The summed E-state index contributed by atoms with van der Waals surface area (Å²) < 4.78 is 45.1. The second-order valence-corrected chi connectivity index (χ2v) is 4.85. The molecule has 0 aliphatic heterocycles. The van der Waals surface area contributed by atoms with Gasteiger partial charge in [-0.2, -0.15) is 13.2 Å². The number of hydrogen-bond acceptors (Lipinski definition) is 3. The fraction of sp³-hybridized carbons (Fsp3) is 0.438. The van der Waals surface area contributed by atoms with Gasteiger partial charge in [0.25, 0.3) is 0 Å². The first-order valence-electron chi connectivity index (χ1n) is 7.03. The summed E-state index contributed by atoms with van der Waals surface area (Å²) in [6, 6.07) is 2.14. The van der Waals surface area contributed by atoms with E-state index in [4.69, 9.17) is 4.74 Å². The molecule has 1 unspecified atom stereocenters. The van der Waals surface area contributed by atoms with Crippen LogP contribution in [0.3, 0.4) is 0 Å². The maximum Gasteiger partial charge on any atom is 0.420 e. The fourth-order valence-electron chi connectivity index (χ4n) is 1.95. The number of halogens is 3. The lowest BCUT2D eigenvalue weighted by atomic mass is 10.1. The van der Waals surface area contributed by atoms with Crippen molar-refractivity contribution in [1.82, 2.24) is 0 Å². The lowest BCUT2D eigenvalue weighted by Gasteiger charge is -2.21. The molecule has 22 heavy (non-hydrogen) atoms. The molecule has 1 rings (SSSR count). The minimum absolute atomic E-state index is 0.0532. The number of nitrogens with one attached hydrogen (secondary N) is 1. The molecule has 6 heteroatoms. The minimum Gasteiger partial charge on any atom is -0.488 e. The predicted octanol–water partition coefficient (Wildman–Crippen LogP) is 4.68. The summed E-state index contributed by atoms with van der Waals surface area (Å²) in [4.78, 5) is 10.8. The molecule has 0 aliphatic rings. The van der Waals surface area contributed by atoms with Crippen molar-refractivity contribution >= 4 is 12.0 Å². The van der Waals surface area contributed by atoms with Crippen LogP contribution in [0.25, 0.3) is 0 Å². The Morgan fingerprint density at radius 3 is 2.50 bits per heavy atom. The van der Waals surface area contributed by atoms with Crippen molar-refractivity contribution in [1.29, 1.82) is 0 Å². The number of carbonyl (C=O) groups is 1. The summed E-state index contributed by atoms with van der Waals surface area (Å²) >= 11 is 0. The number of carbonyl (C=O) groups excluding carboxylic acids is 1. The van der Waals surface area contributed by atoms with Gasteiger partial charge in [-0.25, -0.2) is 0 Å². The third kappa shape index (κ3) is 4.79. The molecular formula is C16H20F3NO2. The highest BCUT2D eigenvalue weighted by Crippen LogP contribution is 2.41. The highest BCUT2D eigenvalue weighted by Gasteiger charge is 2.36. The van der Waals surface area contributed by atoms with Gasteiger partial charge in [0.05, 0.1) is 11.8 Å². The highest BCUT2D eigenvalue weighted by atomic mass is 19.4. The normalized spacial score (nSPS) is 13.2. The van der Waals surface area contributed by atoms with Crippen molar-refractivity contribution in [2.75, 3.05) is 12.4 Å². The van der Waals surface area contributed by atoms with Gasteiger partial charge < -0.3 is 10.1 Å². The lowest BCUT2D eigenvalue weighted by molar-refractivity contribution is -0.139. The Kier molecular flexibility index (Phi) is 6.46. The summed E-state index contributed by atoms with van der Waals surface area (Å²) in [6.07, 6.45) is 0.528. The Hall–Kier alpha value is -1.98. The van der Waals surface area contributed by atoms with E-state index in [1.807, 2.05) is 19.1 Å². The number of alkyl halides is 3. The van der Waals surface area contributed by atoms with Crippen molar-refractivity contribution in [2.45, 2.75) is 39.0 Å². The van der Waals surface area contributed by atoms with Crippen LogP contribution in [-0.2, 0) is 6.18 Å². The largest absolute Gasteiger partial charge is 0.488 e. The summed E-state index contributed by atoms with van der Waals surface area (Å²) in [5.74, 6) is -0.280. The number of rotatable bonds is 7. The van der Waals surface area contributed by atoms with Crippen LogP contribution in [0.15, 0.2) is 24.3 Å². The van der Waals surface area contributed by atoms with E-state index in [1.165, 1.54) is 13.1 Å². The van der Waals surface area contributed by atoms with E-state index in [0.29, 0.717) is 12.7 Å². The second kappa shape index (κ2) is 7.87. The first-order chi connectivity index (χ1) is 10.3. The lowest BCUT2D eigenvalue weighted by Crippen LogP contribution is -2.17. The molecule has 0 amide bonds. The summed E-state index contributed by atoms with van der Waals surface area (Å²) in [6.45, 7) is 3.67. The molecule has 0 saturated carbocycles. The van der Waals surface area contributed by atoms with Crippen molar-refractivity contribution in [3.8, 4) is 5.75 Å². The molecule has 1 aromatic carbocycles. The molecule has 0 aliphatic carbocycles. The van der Waals surface area contributed by atoms with Gasteiger partial charge in [0, 0.05) is 19.0 Å². The van der Waals surface area contributed by atoms with Gasteiger partial charge in [-0.3, -0.25) is 4.79 Å². The van der Waals surface area contributed by atoms with Gasteiger partial charge in [-0.15, -0.1) is 0 Å². The quantitative estimate of drug-likeness (QED) is 0.586. The Bertz CT molecular complexity index is 539. The van der Waals surface area contributed by atoms with Crippen LogP contribution in [0.5, 0.6) is 5.75 Å². The van der Waals surface area contributed by atoms with E-state index in [2.05, 4.69) is 5.32 Å². The molecule has 0 saturated heterocycles. The van der Waals surface area contributed by atoms with E-state index in [1.54, 1.807) is 6.92 Å².